The summed E-state index contributed by atoms with van der Waals surface area (Å²) < 4.78 is 13.3. The summed E-state index contributed by atoms with van der Waals surface area (Å²) in [7, 11) is 0. The molecule has 5 nitrogen and oxygen atoms in total. The highest BCUT2D eigenvalue weighted by Crippen LogP contribution is 2.22. The van der Waals surface area contributed by atoms with Gasteiger partial charge in [0.15, 0.2) is 0 Å². The van der Waals surface area contributed by atoms with Gasteiger partial charge in [0.1, 0.15) is 11.9 Å². The van der Waals surface area contributed by atoms with Crippen molar-refractivity contribution in [2.45, 2.75) is 44.7 Å². The summed E-state index contributed by atoms with van der Waals surface area (Å²) in [6.07, 6.45) is 2.54. The second-order valence-corrected chi connectivity index (χ2v) is 5.51. The van der Waals surface area contributed by atoms with E-state index in [1.807, 2.05) is 6.92 Å². The Labute approximate surface area is 141 Å². The van der Waals surface area contributed by atoms with Gasteiger partial charge in [0.25, 0.3) is 0 Å². The molecule has 1 aromatic carbocycles. The molecule has 0 spiro atoms. The number of aliphatic carboxylic acids is 1. The Balaban J connectivity index is 0.00000264. The maximum atomic E-state index is 13.3. The molecule has 1 heterocycles. The summed E-state index contributed by atoms with van der Waals surface area (Å²) in [6.45, 7) is 2.42. The summed E-state index contributed by atoms with van der Waals surface area (Å²) in [5, 5.41) is 12.1. The minimum absolute atomic E-state index is 0. The Bertz CT molecular complexity index is 556. The van der Waals surface area contributed by atoms with Crippen LogP contribution in [0.4, 0.5) is 10.1 Å². The lowest BCUT2D eigenvalue weighted by molar-refractivity contribution is -0.140. The molecule has 1 aliphatic rings. The molecule has 2 atom stereocenters. The van der Waals surface area contributed by atoms with Crippen LogP contribution < -0.4 is 10.2 Å². The standard InChI is InChI=1S/C16H21FN2O3.ClH/c1-2-5-14(16(21)22)18-13-8-4-9-19(15(13)20)12-7-3-6-11(17)10-12;/h3,6-7,10,13-14,18H,2,4-5,8-9H2,1H3,(H,21,22);1H. The van der Waals surface area contributed by atoms with E-state index < -0.39 is 23.9 Å². The van der Waals surface area contributed by atoms with Crippen molar-refractivity contribution in [3.05, 3.63) is 30.1 Å². The summed E-state index contributed by atoms with van der Waals surface area (Å²) >= 11 is 0. The lowest BCUT2D eigenvalue weighted by Crippen LogP contribution is -2.55. The predicted molar refractivity (Wildman–Crippen MR) is 88.5 cm³/mol. The average molecular weight is 345 g/mol. The van der Waals surface area contributed by atoms with Crippen LogP contribution in [0.3, 0.4) is 0 Å². The normalized spacial score (nSPS) is 19.1. The Morgan fingerprint density at radius 2 is 2.26 bits per heavy atom. The van der Waals surface area contributed by atoms with Crippen molar-refractivity contribution in [2.75, 3.05) is 11.4 Å². The van der Waals surface area contributed by atoms with Gasteiger partial charge < -0.3 is 10.0 Å². The number of anilines is 1. The van der Waals surface area contributed by atoms with Crippen LogP contribution in [0.25, 0.3) is 0 Å². The first kappa shape index (κ1) is 19.4. The van der Waals surface area contributed by atoms with Crippen LogP contribution in [0.2, 0.25) is 0 Å². The molecule has 0 bridgehead atoms. The molecule has 0 radical (unpaired) electrons. The average Bonchev–Trinajstić information content (AvgIpc) is 2.48. The maximum Gasteiger partial charge on any atom is 0.320 e. The van der Waals surface area contributed by atoms with E-state index in [1.165, 1.54) is 17.0 Å². The van der Waals surface area contributed by atoms with Gasteiger partial charge in [-0.05, 0) is 37.5 Å². The van der Waals surface area contributed by atoms with E-state index in [4.69, 9.17) is 0 Å². The number of carbonyl (C=O) groups excluding carboxylic acids is 1. The number of piperidine rings is 1. The van der Waals surface area contributed by atoms with Gasteiger partial charge in [-0.2, -0.15) is 0 Å². The Morgan fingerprint density at radius 3 is 2.87 bits per heavy atom. The third kappa shape index (κ3) is 4.91. The Morgan fingerprint density at radius 1 is 1.52 bits per heavy atom. The fourth-order valence-corrected chi connectivity index (χ4v) is 2.74. The van der Waals surface area contributed by atoms with E-state index in [0.717, 1.165) is 12.8 Å². The zero-order valence-electron chi connectivity index (χ0n) is 13.0. The van der Waals surface area contributed by atoms with Crippen molar-refractivity contribution >= 4 is 30.0 Å². The molecule has 2 rings (SSSR count). The quantitative estimate of drug-likeness (QED) is 0.832. The molecule has 23 heavy (non-hydrogen) atoms. The summed E-state index contributed by atoms with van der Waals surface area (Å²) in [6, 6.07) is 4.63. The number of hydrogen-bond donors (Lipinski definition) is 2. The molecule has 0 aromatic heterocycles. The monoisotopic (exact) mass is 344 g/mol. The SMILES string of the molecule is CCCC(NC1CCCN(c2cccc(F)c2)C1=O)C(=O)O.Cl. The summed E-state index contributed by atoms with van der Waals surface area (Å²) in [5.41, 5.74) is 0.513. The van der Waals surface area contributed by atoms with Crippen LogP contribution in [0.1, 0.15) is 32.6 Å². The van der Waals surface area contributed by atoms with E-state index in [2.05, 4.69) is 5.32 Å². The number of carboxylic acid groups (broad SMARTS) is 1. The lowest BCUT2D eigenvalue weighted by Gasteiger charge is -2.34. The molecule has 1 saturated heterocycles. The lowest BCUT2D eigenvalue weighted by atomic mass is 10.0. The number of nitrogens with one attached hydrogen (secondary N) is 1. The van der Waals surface area contributed by atoms with Crippen molar-refractivity contribution < 1.29 is 19.1 Å². The molecule has 0 aliphatic carbocycles. The van der Waals surface area contributed by atoms with Crippen molar-refractivity contribution in [2.24, 2.45) is 0 Å². The fraction of sp³-hybridized carbons (Fsp3) is 0.500. The number of rotatable bonds is 6. The first-order valence-electron chi connectivity index (χ1n) is 7.58. The van der Waals surface area contributed by atoms with Crippen molar-refractivity contribution in [1.29, 1.82) is 0 Å². The highest BCUT2D eigenvalue weighted by Gasteiger charge is 2.32. The molecule has 1 aliphatic heterocycles. The molecule has 0 saturated carbocycles. The van der Waals surface area contributed by atoms with Crippen LogP contribution >= 0.6 is 12.4 Å². The number of halogens is 2. The largest absolute Gasteiger partial charge is 0.480 e. The van der Waals surface area contributed by atoms with E-state index in [1.54, 1.807) is 12.1 Å². The molecule has 128 valence electrons. The number of nitrogens with zero attached hydrogens (tertiary/aromatic N) is 1. The minimum atomic E-state index is -0.947. The van der Waals surface area contributed by atoms with Crippen LogP contribution in [-0.4, -0.2) is 35.6 Å². The molecule has 1 fully saturated rings. The first-order valence-corrected chi connectivity index (χ1v) is 7.58. The fourth-order valence-electron chi connectivity index (χ4n) is 2.74. The molecular weight excluding hydrogens is 323 g/mol. The molecule has 2 N–H and O–H groups in total. The zero-order valence-corrected chi connectivity index (χ0v) is 13.8. The molecular formula is C16H22ClFN2O3. The van der Waals surface area contributed by atoms with Gasteiger partial charge >= 0.3 is 5.97 Å². The van der Waals surface area contributed by atoms with Crippen LogP contribution in [-0.2, 0) is 9.59 Å². The van der Waals surface area contributed by atoms with E-state index >= 15 is 0 Å². The number of carbonyl (C=O) groups is 2. The smallest absolute Gasteiger partial charge is 0.320 e. The van der Waals surface area contributed by atoms with Crippen molar-refractivity contribution in [1.82, 2.24) is 5.32 Å². The van der Waals surface area contributed by atoms with Crippen LogP contribution in [0.5, 0.6) is 0 Å². The second kappa shape index (κ2) is 8.84. The van der Waals surface area contributed by atoms with Crippen molar-refractivity contribution in [3.8, 4) is 0 Å². The van der Waals surface area contributed by atoms with Gasteiger partial charge in [-0.25, -0.2) is 4.39 Å². The second-order valence-electron chi connectivity index (χ2n) is 5.51. The minimum Gasteiger partial charge on any atom is -0.480 e. The van der Waals surface area contributed by atoms with Crippen molar-refractivity contribution in [3.63, 3.8) is 0 Å². The molecule has 2 unspecified atom stereocenters. The van der Waals surface area contributed by atoms with Gasteiger partial charge in [-0.15, -0.1) is 12.4 Å². The third-order valence-electron chi connectivity index (χ3n) is 3.84. The maximum absolute atomic E-state index is 13.3. The summed E-state index contributed by atoms with van der Waals surface area (Å²) in [4.78, 5) is 25.3. The third-order valence-corrected chi connectivity index (χ3v) is 3.84. The highest BCUT2D eigenvalue weighted by molar-refractivity contribution is 5.98. The molecule has 1 amide bonds. The highest BCUT2D eigenvalue weighted by atomic mass is 35.5. The number of carboxylic acids is 1. The first-order chi connectivity index (χ1) is 10.5. The topological polar surface area (TPSA) is 69.6 Å². The van der Waals surface area contributed by atoms with Gasteiger partial charge in [0, 0.05) is 12.2 Å². The summed E-state index contributed by atoms with van der Waals surface area (Å²) in [5.74, 6) is -1.54. The number of amides is 1. The van der Waals surface area contributed by atoms with E-state index in [9.17, 15) is 19.1 Å². The van der Waals surface area contributed by atoms with Crippen LogP contribution in [0, 0.1) is 5.82 Å². The molecule has 1 aromatic rings. The number of hydrogen-bond acceptors (Lipinski definition) is 3. The van der Waals surface area contributed by atoms with Gasteiger partial charge in [-0.1, -0.05) is 19.4 Å². The van der Waals surface area contributed by atoms with E-state index in [0.29, 0.717) is 25.1 Å². The van der Waals surface area contributed by atoms with E-state index in [-0.39, 0.29) is 18.3 Å². The predicted octanol–water partition coefficient (Wildman–Crippen LogP) is 2.59. The van der Waals surface area contributed by atoms with Gasteiger partial charge in [-0.3, -0.25) is 14.9 Å². The zero-order chi connectivity index (χ0) is 16.1. The van der Waals surface area contributed by atoms with Crippen LogP contribution in [0.15, 0.2) is 24.3 Å². The number of benzene rings is 1. The molecule has 7 heteroatoms. The Kier molecular flexibility index (Phi) is 7.45. The van der Waals surface area contributed by atoms with Gasteiger partial charge in [0.05, 0.1) is 6.04 Å². The Hall–Kier alpha value is -1.66. The van der Waals surface area contributed by atoms with Gasteiger partial charge in [0.2, 0.25) is 5.91 Å².